The molecule has 3 N–H and O–H groups in total. The molecular formula is C11H18N2O2. The van der Waals surface area contributed by atoms with E-state index in [9.17, 15) is 10.2 Å². The number of nitrogens with zero attached hydrogens (tertiary/aromatic N) is 1. The van der Waals surface area contributed by atoms with Gasteiger partial charge < -0.3 is 15.5 Å². The Kier molecular flexibility index (Phi) is 4.68. The van der Waals surface area contributed by atoms with Crippen molar-refractivity contribution in [1.82, 2.24) is 10.3 Å². The van der Waals surface area contributed by atoms with Gasteiger partial charge in [-0.15, -0.1) is 0 Å². The molecular weight excluding hydrogens is 192 g/mol. The molecule has 2 unspecified atom stereocenters. The van der Waals surface area contributed by atoms with Gasteiger partial charge in [0.25, 0.3) is 0 Å². The van der Waals surface area contributed by atoms with E-state index >= 15 is 0 Å². The van der Waals surface area contributed by atoms with Gasteiger partial charge in [-0.2, -0.15) is 0 Å². The predicted octanol–water partition coefficient (Wildman–Crippen LogP) is 0.394. The van der Waals surface area contributed by atoms with Crippen LogP contribution in [-0.2, 0) is 0 Å². The number of aromatic nitrogens is 1. The van der Waals surface area contributed by atoms with Crippen molar-refractivity contribution in [2.24, 2.45) is 0 Å². The zero-order valence-electron chi connectivity index (χ0n) is 9.14. The van der Waals surface area contributed by atoms with Gasteiger partial charge >= 0.3 is 0 Å². The van der Waals surface area contributed by atoms with E-state index in [1.807, 2.05) is 20.0 Å². The van der Waals surface area contributed by atoms with Crippen LogP contribution < -0.4 is 5.32 Å². The predicted molar refractivity (Wildman–Crippen MR) is 58.5 cm³/mol. The van der Waals surface area contributed by atoms with Crippen LogP contribution in [0.1, 0.15) is 23.8 Å². The molecule has 1 aromatic heterocycles. The summed E-state index contributed by atoms with van der Waals surface area (Å²) >= 11 is 0. The maximum Gasteiger partial charge on any atom is 0.122 e. The summed E-state index contributed by atoms with van der Waals surface area (Å²) in [6.07, 6.45) is 0.517. The second-order valence-electron chi connectivity index (χ2n) is 3.66. The largest absolute Gasteiger partial charge is 0.390 e. The van der Waals surface area contributed by atoms with Crippen LogP contribution in [0.2, 0.25) is 0 Å². The molecule has 0 saturated carbocycles. The van der Waals surface area contributed by atoms with Crippen molar-refractivity contribution in [3.63, 3.8) is 0 Å². The average Bonchev–Trinajstić information content (AvgIpc) is 2.26. The number of aliphatic hydroxyl groups excluding tert-OH is 2. The second-order valence-corrected chi connectivity index (χ2v) is 3.66. The maximum atomic E-state index is 9.77. The van der Waals surface area contributed by atoms with Crippen molar-refractivity contribution >= 4 is 0 Å². The van der Waals surface area contributed by atoms with Crippen LogP contribution >= 0.6 is 0 Å². The number of pyridine rings is 1. The van der Waals surface area contributed by atoms with Crippen LogP contribution in [0.3, 0.4) is 0 Å². The topological polar surface area (TPSA) is 65.4 Å². The number of hydrogen-bond donors (Lipinski definition) is 3. The molecule has 1 aromatic rings. The van der Waals surface area contributed by atoms with Gasteiger partial charge in [-0.1, -0.05) is 6.07 Å². The zero-order valence-corrected chi connectivity index (χ0v) is 9.14. The summed E-state index contributed by atoms with van der Waals surface area (Å²) in [4.78, 5) is 4.08. The average molecular weight is 210 g/mol. The summed E-state index contributed by atoms with van der Waals surface area (Å²) in [5.74, 6) is 0. The van der Waals surface area contributed by atoms with Gasteiger partial charge in [0.15, 0.2) is 0 Å². The number of rotatable bonds is 5. The summed E-state index contributed by atoms with van der Waals surface area (Å²) in [6.45, 7) is 2.60. The van der Waals surface area contributed by atoms with Crippen molar-refractivity contribution in [1.29, 1.82) is 0 Å². The molecule has 4 nitrogen and oxygen atoms in total. The molecule has 1 heterocycles. The highest BCUT2D eigenvalue weighted by Gasteiger charge is 2.18. The zero-order chi connectivity index (χ0) is 11.3. The SMILES string of the molecule is CNCCC(O)C(O)c1ccc(C)cn1. The Balaban J connectivity index is 2.59. The first-order chi connectivity index (χ1) is 7.15. The smallest absolute Gasteiger partial charge is 0.122 e. The molecule has 0 aromatic carbocycles. The fraction of sp³-hybridized carbons (Fsp3) is 0.545. The minimum atomic E-state index is -0.904. The second kappa shape index (κ2) is 5.80. The van der Waals surface area contributed by atoms with E-state index in [0.717, 1.165) is 5.56 Å². The first kappa shape index (κ1) is 12.1. The highest BCUT2D eigenvalue weighted by Crippen LogP contribution is 2.16. The van der Waals surface area contributed by atoms with E-state index in [1.54, 1.807) is 12.3 Å². The van der Waals surface area contributed by atoms with Crippen LogP contribution in [0, 0.1) is 6.92 Å². The minimum absolute atomic E-state index is 0.507. The quantitative estimate of drug-likeness (QED) is 0.658. The molecule has 0 radical (unpaired) electrons. The molecule has 0 saturated heterocycles. The Morgan fingerprint density at radius 2 is 2.13 bits per heavy atom. The Morgan fingerprint density at radius 1 is 1.40 bits per heavy atom. The van der Waals surface area contributed by atoms with Crippen LogP contribution in [0.5, 0.6) is 0 Å². The number of nitrogens with one attached hydrogen (secondary N) is 1. The van der Waals surface area contributed by atoms with Crippen molar-refractivity contribution in [2.75, 3.05) is 13.6 Å². The van der Waals surface area contributed by atoms with Gasteiger partial charge in [-0.05, 0) is 38.6 Å². The lowest BCUT2D eigenvalue weighted by molar-refractivity contribution is 0.0115. The van der Waals surface area contributed by atoms with Crippen molar-refractivity contribution in [3.8, 4) is 0 Å². The monoisotopic (exact) mass is 210 g/mol. The molecule has 4 heteroatoms. The fourth-order valence-corrected chi connectivity index (χ4v) is 1.30. The summed E-state index contributed by atoms with van der Waals surface area (Å²) in [6, 6.07) is 3.61. The Hall–Kier alpha value is -0.970. The minimum Gasteiger partial charge on any atom is -0.390 e. The fourth-order valence-electron chi connectivity index (χ4n) is 1.30. The standard InChI is InChI=1S/C11H18N2O2/c1-8-3-4-9(13-7-8)11(15)10(14)5-6-12-2/h3-4,7,10-12,14-15H,5-6H2,1-2H3. The van der Waals surface area contributed by atoms with Crippen LogP contribution in [-0.4, -0.2) is 34.9 Å². The molecule has 0 aliphatic rings. The van der Waals surface area contributed by atoms with Crippen LogP contribution in [0.25, 0.3) is 0 Å². The van der Waals surface area contributed by atoms with E-state index in [4.69, 9.17) is 0 Å². The van der Waals surface area contributed by atoms with E-state index in [0.29, 0.717) is 18.7 Å². The van der Waals surface area contributed by atoms with E-state index < -0.39 is 12.2 Å². The maximum absolute atomic E-state index is 9.77. The highest BCUT2D eigenvalue weighted by molar-refractivity contribution is 5.14. The van der Waals surface area contributed by atoms with Gasteiger partial charge in [-0.3, -0.25) is 4.98 Å². The Morgan fingerprint density at radius 3 is 2.67 bits per heavy atom. The summed E-state index contributed by atoms with van der Waals surface area (Å²) in [5, 5.41) is 22.3. The molecule has 0 fully saturated rings. The normalized spacial score (nSPS) is 14.9. The number of hydrogen-bond acceptors (Lipinski definition) is 4. The third-order valence-corrected chi connectivity index (χ3v) is 2.29. The lowest BCUT2D eigenvalue weighted by atomic mass is 10.1. The Bertz CT molecular complexity index is 287. The van der Waals surface area contributed by atoms with E-state index in [1.165, 1.54) is 0 Å². The summed E-state index contributed by atoms with van der Waals surface area (Å²) in [7, 11) is 1.81. The molecule has 2 atom stereocenters. The number of aryl methyl sites for hydroxylation is 1. The van der Waals surface area contributed by atoms with Gasteiger partial charge in [0.2, 0.25) is 0 Å². The molecule has 0 aliphatic heterocycles. The van der Waals surface area contributed by atoms with Gasteiger partial charge in [0, 0.05) is 6.20 Å². The molecule has 15 heavy (non-hydrogen) atoms. The van der Waals surface area contributed by atoms with E-state index in [2.05, 4.69) is 10.3 Å². The molecule has 1 rings (SSSR count). The lowest BCUT2D eigenvalue weighted by Gasteiger charge is -2.17. The summed E-state index contributed by atoms with van der Waals surface area (Å²) < 4.78 is 0. The molecule has 0 aliphatic carbocycles. The van der Waals surface area contributed by atoms with Crippen LogP contribution in [0.4, 0.5) is 0 Å². The molecule has 0 amide bonds. The van der Waals surface area contributed by atoms with Crippen molar-refractivity contribution in [2.45, 2.75) is 25.6 Å². The third kappa shape index (κ3) is 3.58. The summed E-state index contributed by atoms with van der Waals surface area (Å²) in [5.41, 5.74) is 1.56. The van der Waals surface area contributed by atoms with Gasteiger partial charge in [-0.25, -0.2) is 0 Å². The molecule has 84 valence electrons. The van der Waals surface area contributed by atoms with Gasteiger partial charge in [0.05, 0.1) is 11.8 Å². The highest BCUT2D eigenvalue weighted by atomic mass is 16.3. The lowest BCUT2D eigenvalue weighted by Crippen LogP contribution is -2.23. The molecule has 0 spiro atoms. The van der Waals surface area contributed by atoms with Crippen LogP contribution in [0.15, 0.2) is 18.3 Å². The van der Waals surface area contributed by atoms with Crippen molar-refractivity contribution < 1.29 is 10.2 Å². The van der Waals surface area contributed by atoms with Gasteiger partial charge in [0.1, 0.15) is 6.10 Å². The third-order valence-electron chi connectivity index (χ3n) is 2.29. The first-order valence-electron chi connectivity index (χ1n) is 5.08. The number of aliphatic hydroxyl groups is 2. The van der Waals surface area contributed by atoms with E-state index in [-0.39, 0.29) is 0 Å². The van der Waals surface area contributed by atoms with Crippen molar-refractivity contribution in [3.05, 3.63) is 29.6 Å². The first-order valence-corrected chi connectivity index (χ1v) is 5.08. The Labute approximate surface area is 90.0 Å². The molecule has 0 bridgehead atoms.